The van der Waals surface area contributed by atoms with E-state index in [9.17, 15) is 26.3 Å². The van der Waals surface area contributed by atoms with E-state index in [1.54, 1.807) is 0 Å². The minimum absolute atomic E-state index is 0.660. The van der Waals surface area contributed by atoms with Crippen LogP contribution in [0.5, 0.6) is 0 Å². The van der Waals surface area contributed by atoms with Crippen molar-refractivity contribution >= 4 is 11.9 Å². The van der Waals surface area contributed by atoms with Gasteiger partial charge in [-0.05, 0) is 25.3 Å². The predicted octanol–water partition coefficient (Wildman–Crippen LogP) is 2.78. The van der Waals surface area contributed by atoms with Crippen LogP contribution in [0.3, 0.4) is 0 Å². The number of hydrogen-bond acceptors (Lipinski definition) is 6. The first-order chi connectivity index (χ1) is 16.8. The molecule has 0 spiro atoms. The average molecular weight is 529 g/mol. The van der Waals surface area contributed by atoms with Crippen molar-refractivity contribution in [3.8, 4) is 0 Å². The highest BCUT2D eigenvalue weighted by atomic mass is 19.4. The smallest absolute Gasteiger partial charge is 0.475 e. The molecule has 4 heterocycles. The van der Waals surface area contributed by atoms with Gasteiger partial charge in [-0.3, -0.25) is 9.58 Å². The first kappa shape index (κ1) is 29.1. The van der Waals surface area contributed by atoms with E-state index in [0.29, 0.717) is 6.04 Å². The van der Waals surface area contributed by atoms with Gasteiger partial charge in [0.15, 0.2) is 0 Å². The highest BCUT2D eigenvalue weighted by Crippen LogP contribution is 2.23. The third-order valence-corrected chi connectivity index (χ3v) is 5.29. The van der Waals surface area contributed by atoms with Crippen molar-refractivity contribution in [2.24, 2.45) is 0 Å². The number of imidazole rings is 1. The third kappa shape index (κ3) is 9.14. The van der Waals surface area contributed by atoms with Crippen molar-refractivity contribution in [1.82, 2.24) is 24.2 Å². The van der Waals surface area contributed by atoms with Crippen molar-refractivity contribution in [3.05, 3.63) is 36.2 Å². The number of nitrogens with zero attached hydrogens (tertiary/aromatic N) is 5. The lowest BCUT2D eigenvalue weighted by Gasteiger charge is -2.33. The number of carboxylic acid groups (broad SMARTS) is 2. The fourth-order valence-electron chi connectivity index (χ4n) is 3.58. The molecule has 2 aromatic heterocycles. The van der Waals surface area contributed by atoms with Crippen molar-refractivity contribution in [1.29, 1.82) is 0 Å². The van der Waals surface area contributed by atoms with Crippen LogP contribution in [0.1, 0.15) is 30.7 Å². The zero-order valence-electron chi connectivity index (χ0n) is 18.9. The molecule has 1 saturated heterocycles. The number of carboxylic acids is 2. The molecule has 0 bridgehead atoms. The summed E-state index contributed by atoms with van der Waals surface area (Å²) in [6, 6.07) is 2.62. The number of halogens is 6. The Labute approximate surface area is 201 Å². The molecule has 4 rings (SSSR count). The summed E-state index contributed by atoms with van der Waals surface area (Å²) in [5, 5.41) is 18.6. The van der Waals surface area contributed by atoms with Crippen LogP contribution in [0.25, 0.3) is 0 Å². The topological polar surface area (TPSA) is 123 Å². The van der Waals surface area contributed by atoms with Gasteiger partial charge in [0.2, 0.25) is 0 Å². The minimum atomic E-state index is -5.08. The first-order valence-corrected chi connectivity index (χ1v) is 10.7. The highest BCUT2D eigenvalue weighted by Gasteiger charge is 2.38. The monoisotopic (exact) mass is 529 g/mol. The van der Waals surface area contributed by atoms with Gasteiger partial charge in [-0.1, -0.05) is 0 Å². The Morgan fingerprint density at radius 2 is 1.61 bits per heavy atom. The Hall–Kier alpha value is -3.14. The van der Waals surface area contributed by atoms with Crippen molar-refractivity contribution in [2.45, 2.75) is 57.3 Å². The molecular formula is C20H25F6N5O5. The molecule has 36 heavy (non-hydrogen) atoms. The maximum atomic E-state index is 10.6. The van der Waals surface area contributed by atoms with Crippen molar-refractivity contribution in [2.75, 3.05) is 19.8 Å². The number of aliphatic carboxylic acids is 2. The summed E-state index contributed by atoms with van der Waals surface area (Å²) in [6.07, 6.45) is -0.837. The second kappa shape index (κ2) is 12.7. The largest absolute Gasteiger partial charge is 0.490 e. The van der Waals surface area contributed by atoms with Crippen molar-refractivity contribution in [3.63, 3.8) is 0 Å². The number of alkyl halides is 6. The number of ether oxygens (including phenoxy) is 1. The third-order valence-electron chi connectivity index (χ3n) is 5.29. The van der Waals surface area contributed by atoms with E-state index in [-0.39, 0.29) is 0 Å². The molecule has 10 nitrogen and oxygen atoms in total. The Balaban J connectivity index is 0.000000271. The van der Waals surface area contributed by atoms with Crippen LogP contribution >= 0.6 is 0 Å². The second-order valence-electron chi connectivity index (χ2n) is 7.81. The summed E-state index contributed by atoms with van der Waals surface area (Å²) in [4.78, 5) is 25.1. The predicted molar refractivity (Wildman–Crippen MR) is 110 cm³/mol. The summed E-state index contributed by atoms with van der Waals surface area (Å²) in [5.41, 5.74) is 2.52. The van der Waals surface area contributed by atoms with Crippen LogP contribution in [0.2, 0.25) is 0 Å². The molecule has 16 heteroatoms. The van der Waals surface area contributed by atoms with Crippen LogP contribution in [-0.4, -0.2) is 84.5 Å². The van der Waals surface area contributed by atoms with Gasteiger partial charge in [0, 0.05) is 51.3 Å². The van der Waals surface area contributed by atoms with Gasteiger partial charge in [0.25, 0.3) is 0 Å². The fraction of sp³-hybridized carbons (Fsp3) is 0.600. The summed E-state index contributed by atoms with van der Waals surface area (Å²) in [6.45, 7) is 5.81. The van der Waals surface area contributed by atoms with E-state index in [0.717, 1.165) is 51.4 Å². The molecule has 0 amide bonds. The van der Waals surface area contributed by atoms with E-state index in [2.05, 4.69) is 19.5 Å². The van der Waals surface area contributed by atoms with Crippen molar-refractivity contribution < 1.29 is 50.9 Å². The van der Waals surface area contributed by atoms with Crippen LogP contribution in [0, 0.1) is 0 Å². The van der Waals surface area contributed by atoms with E-state index in [1.165, 1.54) is 18.7 Å². The van der Waals surface area contributed by atoms with E-state index >= 15 is 0 Å². The molecule has 1 fully saturated rings. The molecule has 0 unspecified atom stereocenters. The lowest BCUT2D eigenvalue weighted by Crippen LogP contribution is -2.39. The number of aryl methyl sites for hydroxylation is 1. The first-order valence-electron chi connectivity index (χ1n) is 10.7. The zero-order chi connectivity index (χ0) is 26.9. The number of rotatable bonds is 3. The lowest BCUT2D eigenvalue weighted by molar-refractivity contribution is -0.193. The number of carbonyl (C=O) groups is 2. The quantitative estimate of drug-likeness (QED) is 0.583. The van der Waals surface area contributed by atoms with Crippen LogP contribution in [-0.2, 0) is 34.0 Å². The second-order valence-corrected chi connectivity index (χ2v) is 7.81. The average Bonchev–Trinajstić information content (AvgIpc) is 3.39. The van der Waals surface area contributed by atoms with Crippen LogP contribution < -0.4 is 0 Å². The van der Waals surface area contributed by atoms with Gasteiger partial charge >= 0.3 is 24.3 Å². The van der Waals surface area contributed by atoms with Gasteiger partial charge < -0.3 is 19.5 Å². The SMILES string of the molecule is O=C(O)C(F)(F)F.O=C(O)C(F)(F)F.c1cnn(Cc2ncn3c2CN(C2CCOCC2)CCC3)c1. The van der Waals surface area contributed by atoms with Crippen LogP contribution in [0.4, 0.5) is 26.3 Å². The molecule has 202 valence electrons. The summed E-state index contributed by atoms with van der Waals surface area (Å²) in [5.74, 6) is -5.51. The van der Waals surface area contributed by atoms with Gasteiger partial charge in [-0.25, -0.2) is 14.6 Å². The standard InChI is InChI=1S/C16H23N5O.2C2HF3O2/c1-5-18-21(8-1)11-15-16-12-19(14-3-9-22-10-4-14)6-2-7-20(16)13-17-15;2*3-2(4,5)1(6)7/h1,5,8,13-14H,2-4,6-7,9-12H2;2*(H,6,7). The number of hydrogen-bond donors (Lipinski definition) is 2. The molecule has 0 atom stereocenters. The summed E-state index contributed by atoms with van der Waals surface area (Å²) in [7, 11) is 0. The molecule has 0 aliphatic carbocycles. The molecule has 2 aliphatic heterocycles. The van der Waals surface area contributed by atoms with E-state index < -0.39 is 24.3 Å². The number of fused-ring (bicyclic) bond motifs is 1. The minimum Gasteiger partial charge on any atom is -0.475 e. The molecule has 0 aromatic carbocycles. The summed E-state index contributed by atoms with van der Waals surface area (Å²) >= 11 is 0. The fourth-order valence-corrected chi connectivity index (χ4v) is 3.58. The summed E-state index contributed by atoms with van der Waals surface area (Å²) < 4.78 is 73.3. The molecule has 0 radical (unpaired) electrons. The molecule has 2 aliphatic rings. The Morgan fingerprint density at radius 3 is 2.11 bits per heavy atom. The normalized spacial score (nSPS) is 17.1. The highest BCUT2D eigenvalue weighted by molar-refractivity contribution is 5.73. The molecule has 2 N–H and O–H groups in total. The van der Waals surface area contributed by atoms with Gasteiger partial charge in [0.1, 0.15) is 0 Å². The van der Waals surface area contributed by atoms with Gasteiger partial charge in [-0.15, -0.1) is 0 Å². The van der Waals surface area contributed by atoms with Crippen LogP contribution in [0.15, 0.2) is 24.8 Å². The number of aromatic nitrogens is 4. The maximum absolute atomic E-state index is 10.6. The van der Waals surface area contributed by atoms with E-state index in [1.807, 2.05) is 29.5 Å². The lowest BCUT2D eigenvalue weighted by atomic mass is 10.1. The van der Waals surface area contributed by atoms with Gasteiger partial charge in [0.05, 0.1) is 24.3 Å². The Bertz CT molecular complexity index is 947. The molecule has 2 aromatic rings. The van der Waals surface area contributed by atoms with E-state index in [4.69, 9.17) is 24.5 Å². The molecule has 0 saturated carbocycles. The maximum Gasteiger partial charge on any atom is 0.490 e. The zero-order valence-corrected chi connectivity index (χ0v) is 18.9. The Kier molecular flexibility index (Phi) is 10.3. The Morgan fingerprint density at radius 1 is 1.03 bits per heavy atom. The molecular weight excluding hydrogens is 504 g/mol. The van der Waals surface area contributed by atoms with Gasteiger partial charge in [-0.2, -0.15) is 31.4 Å².